The highest BCUT2D eigenvalue weighted by atomic mass is 32.1. The van der Waals surface area contributed by atoms with Crippen LogP contribution in [0.25, 0.3) is 0 Å². The van der Waals surface area contributed by atoms with Gasteiger partial charge in [0.1, 0.15) is 6.10 Å². The Kier molecular flexibility index (Phi) is 5.48. The third-order valence-corrected chi connectivity index (χ3v) is 4.79. The zero-order chi connectivity index (χ0) is 17.3. The van der Waals surface area contributed by atoms with Crippen molar-refractivity contribution >= 4 is 25.0 Å². The normalized spacial score (nSPS) is 21.4. The summed E-state index contributed by atoms with van der Waals surface area (Å²) in [5, 5.41) is 0. The highest BCUT2D eigenvalue weighted by Crippen LogP contribution is 2.41. The molecule has 0 aromatic carbocycles. The molecule has 22 heavy (non-hydrogen) atoms. The van der Waals surface area contributed by atoms with Gasteiger partial charge in [-0.05, 0) is 48.0 Å². The van der Waals surface area contributed by atoms with Crippen molar-refractivity contribution in [3.8, 4) is 0 Å². The third-order valence-electron chi connectivity index (χ3n) is 4.64. The lowest BCUT2D eigenvalue weighted by atomic mass is 9.78. The molecule has 1 rings (SSSR count). The molecule has 0 spiro atoms. The Hall–Kier alpha value is -0.910. The van der Waals surface area contributed by atoms with E-state index in [9.17, 15) is 9.59 Å². The van der Waals surface area contributed by atoms with Crippen molar-refractivity contribution in [3.05, 3.63) is 0 Å². The molecule has 0 N–H and O–H groups in total. The Bertz CT molecular complexity index is 427. The summed E-state index contributed by atoms with van der Waals surface area (Å²) in [5.74, 6) is -0.183. The third kappa shape index (κ3) is 3.89. The van der Waals surface area contributed by atoms with Gasteiger partial charge in [-0.15, -0.1) is 0 Å². The van der Waals surface area contributed by atoms with Gasteiger partial charge in [-0.25, -0.2) is 4.79 Å². The molecule has 0 bridgehead atoms. The number of esters is 1. The Labute approximate surface area is 139 Å². The number of carbonyl (C=O) groups is 2. The van der Waals surface area contributed by atoms with Gasteiger partial charge < -0.3 is 8.92 Å². The van der Waals surface area contributed by atoms with Crippen molar-refractivity contribution in [2.45, 2.75) is 84.9 Å². The molecule has 1 aliphatic heterocycles. The Balaban J connectivity index is 2.94. The van der Waals surface area contributed by atoms with Gasteiger partial charge in [0, 0.05) is 36.8 Å². The number of carbonyl (C=O) groups excluding carboxylic acids is 2. The average molecular weight is 331 g/mol. The fourth-order valence-electron chi connectivity index (χ4n) is 3.26. The molecule has 1 fully saturated rings. The number of nitrogens with zero attached hydrogens (tertiary/aromatic N) is 1. The van der Waals surface area contributed by atoms with Crippen molar-refractivity contribution in [1.29, 1.82) is 0 Å². The molecule has 0 unspecified atom stereocenters. The van der Waals surface area contributed by atoms with Gasteiger partial charge in [0.15, 0.2) is 0 Å². The van der Waals surface area contributed by atoms with Gasteiger partial charge >= 0.3 is 12.1 Å². The minimum absolute atomic E-state index is 0.183. The van der Waals surface area contributed by atoms with E-state index in [1.54, 1.807) is 4.90 Å². The van der Waals surface area contributed by atoms with E-state index in [1.165, 1.54) is 0 Å². The second-order valence-electron chi connectivity index (χ2n) is 7.99. The smallest absolute Gasteiger partial charge is 0.422 e. The first-order valence-corrected chi connectivity index (χ1v) is 8.11. The molecule has 0 radical (unpaired) electrons. The van der Waals surface area contributed by atoms with Crippen molar-refractivity contribution in [2.24, 2.45) is 5.41 Å². The zero-order valence-electron chi connectivity index (χ0n) is 14.7. The maximum atomic E-state index is 12.3. The lowest BCUT2D eigenvalue weighted by Crippen LogP contribution is -2.64. The topological polar surface area (TPSA) is 55.8 Å². The van der Waals surface area contributed by atoms with Crippen LogP contribution in [0.5, 0.6) is 0 Å². The van der Waals surface area contributed by atoms with E-state index in [1.807, 2.05) is 48.5 Å². The highest BCUT2D eigenvalue weighted by Gasteiger charge is 2.50. The van der Waals surface area contributed by atoms with Crippen LogP contribution in [0, 0.1) is 5.41 Å². The number of likely N-dealkylation sites (tertiary alicyclic amines) is 1. The summed E-state index contributed by atoms with van der Waals surface area (Å²) in [7, 11) is 0. The summed E-state index contributed by atoms with van der Waals surface area (Å²) in [6, 6.07) is 0. The van der Waals surface area contributed by atoms with Gasteiger partial charge in [-0.2, -0.15) is 0 Å². The van der Waals surface area contributed by atoms with E-state index in [-0.39, 0.29) is 12.1 Å². The van der Waals surface area contributed by atoms with Crippen LogP contribution in [0.2, 0.25) is 0 Å². The Morgan fingerprint density at radius 2 is 1.64 bits per heavy atom. The lowest BCUT2D eigenvalue weighted by Gasteiger charge is -2.53. The number of hydrogen-bond acceptors (Lipinski definition) is 5. The molecular weight excluding hydrogens is 302 g/mol. The first kappa shape index (κ1) is 19.1. The number of piperidine rings is 1. The first-order valence-electron chi connectivity index (χ1n) is 7.74. The summed E-state index contributed by atoms with van der Waals surface area (Å²) in [4.78, 5) is 26.1. The van der Waals surface area contributed by atoms with Crippen LogP contribution in [0.3, 0.4) is 0 Å². The minimum Gasteiger partial charge on any atom is -0.462 e. The molecule has 0 aromatic heterocycles. The number of thiol groups is 1. The lowest BCUT2D eigenvalue weighted by molar-refractivity contribution is -0.168. The van der Waals surface area contributed by atoms with Crippen LogP contribution >= 0.6 is 12.9 Å². The van der Waals surface area contributed by atoms with E-state index in [2.05, 4.69) is 17.1 Å². The van der Waals surface area contributed by atoms with E-state index in [4.69, 9.17) is 4.74 Å². The fraction of sp³-hybridized carbons (Fsp3) is 0.875. The number of rotatable bonds is 3. The molecule has 1 aliphatic rings. The summed E-state index contributed by atoms with van der Waals surface area (Å²) in [6.07, 6.45) is 1.18. The molecule has 0 atom stereocenters. The van der Waals surface area contributed by atoms with Crippen molar-refractivity contribution in [2.75, 3.05) is 0 Å². The van der Waals surface area contributed by atoms with Gasteiger partial charge in [0.2, 0.25) is 0 Å². The molecule has 0 saturated carbocycles. The van der Waals surface area contributed by atoms with Crippen LogP contribution in [-0.4, -0.2) is 34.1 Å². The molecule has 6 heteroatoms. The maximum absolute atomic E-state index is 12.3. The second kappa shape index (κ2) is 6.30. The summed E-state index contributed by atoms with van der Waals surface area (Å²) in [5.41, 5.74) is -1.46. The zero-order valence-corrected chi connectivity index (χ0v) is 15.6. The molecule has 0 aromatic rings. The predicted octanol–water partition coefficient (Wildman–Crippen LogP) is 3.97. The quantitative estimate of drug-likeness (QED) is 0.483. The Morgan fingerprint density at radius 1 is 1.18 bits per heavy atom. The molecule has 128 valence electrons. The van der Waals surface area contributed by atoms with Crippen LogP contribution in [0.15, 0.2) is 0 Å². The van der Waals surface area contributed by atoms with Crippen molar-refractivity contribution in [3.63, 3.8) is 0 Å². The van der Waals surface area contributed by atoms with E-state index < -0.39 is 22.6 Å². The molecule has 1 saturated heterocycles. The summed E-state index contributed by atoms with van der Waals surface area (Å²) < 4.78 is 10.4. The van der Waals surface area contributed by atoms with Crippen LogP contribution in [0.1, 0.15) is 67.7 Å². The number of hydrogen-bond donors (Lipinski definition) is 1. The van der Waals surface area contributed by atoms with E-state index >= 15 is 0 Å². The van der Waals surface area contributed by atoms with E-state index in [0.29, 0.717) is 12.8 Å². The standard InChI is InChI=1S/C16H29NO4S/c1-8-14(2,3)12(18)20-11-9-15(4,5)17(13(19)21-22)16(6,7)10-11/h11,22H,8-10H2,1-7H3. The highest BCUT2D eigenvalue weighted by molar-refractivity contribution is 7.75. The molecule has 1 amide bonds. The van der Waals surface area contributed by atoms with Gasteiger partial charge in [-0.1, -0.05) is 6.92 Å². The largest absolute Gasteiger partial charge is 0.462 e. The van der Waals surface area contributed by atoms with Gasteiger partial charge in [-0.3, -0.25) is 9.69 Å². The molecular formula is C16H29NO4S. The first-order chi connectivity index (χ1) is 9.87. The molecule has 0 aliphatic carbocycles. The summed E-state index contributed by atoms with van der Waals surface area (Å²) in [6.45, 7) is 13.5. The van der Waals surface area contributed by atoms with E-state index in [0.717, 1.165) is 6.42 Å². The number of ether oxygens (including phenoxy) is 1. The van der Waals surface area contributed by atoms with Crippen LogP contribution < -0.4 is 0 Å². The van der Waals surface area contributed by atoms with Crippen molar-refractivity contribution < 1.29 is 18.5 Å². The van der Waals surface area contributed by atoms with Crippen LogP contribution in [0.4, 0.5) is 4.79 Å². The molecule has 1 heterocycles. The fourth-order valence-corrected chi connectivity index (χ4v) is 3.34. The van der Waals surface area contributed by atoms with Crippen LogP contribution in [-0.2, 0) is 13.7 Å². The van der Waals surface area contributed by atoms with Crippen molar-refractivity contribution in [1.82, 2.24) is 4.90 Å². The SMILES string of the molecule is CCC(C)(C)C(=O)OC1CC(C)(C)N(C(=O)OS)C(C)(C)C1. The minimum atomic E-state index is -0.491. The maximum Gasteiger partial charge on any atom is 0.422 e. The van der Waals surface area contributed by atoms with Gasteiger partial charge in [0.05, 0.1) is 5.41 Å². The predicted molar refractivity (Wildman–Crippen MR) is 88.7 cm³/mol. The monoisotopic (exact) mass is 331 g/mol. The van der Waals surface area contributed by atoms with Gasteiger partial charge in [0.25, 0.3) is 0 Å². The average Bonchev–Trinajstić information content (AvgIpc) is 2.35. The molecule has 5 nitrogen and oxygen atoms in total. The summed E-state index contributed by atoms with van der Waals surface area (Å²) >= 11 is 3.63. The Morgan fingerprint density at radius 3 is 2.00 bits per heavy atom. The number of amides is 1. The second-order valence-corrected chi connectivity index (χ2v) is 8.17.